The maximum absolute atomic E-state index is 13.4. The fourth-order valence-corrected chi connectivity index (χ4v) is 5.31. The molecule has 0 bridgehead atoms. The Morgan fingerprint density at radius 1 is 0.969 bits per heavy atom. The normalized spacial score (nSPS) is 25.1. The largest absolute Gasteiger partial charge is 0.326 e. The predicted molar refractivity (Wildman–Crippen MR) is 119 cm³/mol. The molecule has 3 fully saturated rings. The van der Waals surface area contributed by atoms with Gasteiger partial charge in [0.1, 0.15) is 11.4 Å². The van der Waals surface area contributed by atoms with Crippen LogP contribution in [-0.2, 0) is 16.9 Å². The number of rotatable bonds is 6. The first-order valence-corrected chi connectivity index (χ1v) is 11.4. The Bertz CT molecular complexity index is 993. The molecule has 2 aromatic carbocycles. The van der Waals surface area contributed by atoms with E-state index < -0.39 is 5.54 Å². The van der Waals surface area contributed by atoms with E-state index in [0.717, 1.165) is 44.3 Å². The summed E-state index contributed by atoms with van der Waals surface area (Å²) in [6, 6.07) is 16.4. The minimum absolute atomic E-state index is 0.152. The van der Waals surface area contributed by atoms with Crippen molar-refractivity contribution in [3.05, 3.63) is 71.5 Å². The van der Waals surface area contributed by atoms with E-state index in [2.05, 4.69) is 27.7 Å². The van der Waals surface area contributed by atoms with Crippen LogP contribution in [-0.4, -0.2) is 47.0 Å². The Balaban J connectivity index is 1.27. The van der Waals surface area contributed by atoms with E-state index in [1.54, 1.807) is 12.1 Å². The van der Waals surface area contributed by atoms with Gasteiger partial charge in [0.15, 0.2) is 0 Å². The van der Waals surface area contributed by atoms with Crippen LogP contribution in [0.25, 0.3) is 0 Å². The zero-order valence-corrected chi connectivity index (χ0v) is 18.1. The first kappa shape index (κ1) is 21.1. The van der Waals surface area contributed by atoms with Gasteiger partial charge in [-0.05, 0) is 61.9 Å². The minimum atomic E-state index is -0.853. The number of carbonyl (C=O) groups is 2. The molecule has 168 valence electrons. The summed E-state index contributed by atoms with van der Waals surface area (Å²) in [5.74, 6) is -0.419. The van der Waals surface area contributed by atoms with Crippen molar-refractivity contribution < 1.29 is 14.0 Å². The highest BCUT2D eigenvalue weighted by atomic mass is 19.1. The summed E-state index contributed by atoms with van der Waals surface area (Å²) in [5.41, 5.74) is 1.04. The van der Waals surface area contributed by atoms with Crippen LogP contribution < -0.4 is 10.6 Å². The monoisotopic (exact) mass is 436 g/mol. The molecule has 1 saturated carbocycles. The Morgan fingerprint density at radius 3 is 2.41 bits per heavy atom. The van der Waals surface area contributed by atoms with Crippen molar-refractivity contribution in [2.45, 2.75) is 49.7 Å². The van der Waals surface area contributed by atoms with Gasteiger partial charge in [0.25, 0.3) is 5.91 Å². The number of hydrogen-bond donors (Lipinski definition) is 2. The number of likely N-dealkylation sites (tertiary alicyclic amines) is 1. The van der Waals surface area contributed by atoms with Crippen molar-refractivity contribution in [1.82, 2.24) is 20.4 Å². The lowest BCUT2D eigenvalue weighted by atomic mass is 9.72. The van der Waals surface area contributed by atoms with E-state index in [0.29, 0.717) is 13.0 Å². The first-order chi connectivity index (χ1) is 15.5. The molecular weight excluding hydrogens is 407 g/mol. The Labute approximate surface area is 187 Å². The second-order valence-corrected chi connectivity index (χ2v) is 9.32. The molecule has 2 N–H and O–H groups in total. The number of nitrogens with one attached hydrogen (secondary N) is 2. The average molecular weight is 437 g/mol. The van der Waals surface area contributed by atoms with Crippen LogP contribution in [0.5, 0.6) is 0 Å². The number of urea groups is 1. The lowest BCUT2D eigenvalue weighted by Crippen LogP contribution is -2.59. The van der Waals surface area contributed by atoms with Crippen LogP contribution in [0.1, 0.15) is 43.2 Å². The topological polar surface area (TPSA) is 64.7 Å². The summed E-state index contributed by atoms with van der Waals surface area (Å²) >= 11 is 0. The van der Waals surface area contributed by atoms with E-state index in [1.807, 2.05) is 18.2 Å². The molecule has 6 nitrogen and oxygen atoms in total. The van der Waals surface area contributed by atoms with Gasteiger partial charge in [0, 0.05) is 18.6 Å². The molecule has 32 heavy (non-hydrogen) atoms. The highest BCUT2D eigenvalue weighted by Gasteiger charge is 2.53. The molecule has 7 heteroatoms. The average Bonchev–Trinajstić information content (AvgIpc) is 2.98. The van der Waals surface area contributed by atoms with Crippen molar-refractivity contribution in [2.75, 3.05) is 19.8 Å². The lowest BCUT2D eigenvalue weighted by Gasteiger charge is -2.44. The van der Waals surface area contributed by atoms with Crippen LogP contribution in [0, 0.1) is 5.82 Å². The van der Waals surface area contributed by atoms with E-state index in [1.165, 1.54) is 22.6 Å². The van der Waals surface area contributed by atoms with Crippen molar-refractivity contribution in [3.8, 4) is 0 Å². The third-order valence-electron chi connectivity index (χ3n) is 7.25. The van der Waals surface area contributed by atoms with Crippen LogP contribution >= 0.6 is 0 Å². The summed E-state index contributed by atoms with van der Waals surface area (Å²) < 4.78 is 13.4. The van der Waals surface area contributed by atoms with Crippen molar-refractivity contribution in [3.63, 3.8) is 0 Å². The van der Waals surface area contributed by atoms with E-state index >= 15 is 0 Å². The van der Waals surface area contributed by atoms with E-state index in [9.17, 15) is 14.0 Å². The number of nitrogens with zero attached hydrogens (tertiary/aromatic N) is 2. The standard InChI is InChI=1S/C25H29FN4O2/c26-21-10-8-20(9-11-21)24(12-4-13-24)27-18-30-22(31)25(28-23(30)32)14-5-15-29(17-25)16-19-6-2-1-3-7-19/h1-3,6-11,27H,4-5,12-18H2,(H,28,32). The van der Waals surface area contributed by atoms with Crippen molar-refractivity contribution in [1.29, 1.82) is 0 Å². The van der Waals surface area contributed by atoms with E-state index in [-0.39, 0.29) is 30.0 Å². The van der Waals surface area contributed by atoms with Gasteiger partial charge in [-0.15, -0.1) is 0 Å². The molecule has 2 saturated heterocycles. The van der Waals surface area contributed by atoms with Gasteiger partial charge < -0.3 is 5.32 Å². The maximum atomic E-state index is 13.4. The van der Waals surface area contributed by atoms with Gasteiger partial charge in [-0.2, -0.15) is 0 Å². The zero-order chi connectivity index (χ0) is 22.2. The van der Waals surface area contributed by atoms with Crippen LogP contribution in [0.4, 0.5) is 9.18 Å². The van der Waals surface area contributed by atoms with Gasteiger partial charge in [0.05, 0.1) is 6.67 Å². The fraction of sp³-hybridized carbons (Fsp3) is 0.440. The number of imide groups is 1. The molecule has 0 aromatic heterocycles. The molecule has 1 atom stereocenters. The number of benzene rings is 2. The van der Waals surface area contributed by atoms with Gasteiger partial charge in [0.2, 0.25) is 0 Å². The zero-order valence-electron chi connectivity index (χ0n) is 18.1. The molecule has 3 amide bonds. The summed E-state index contributed by atoms with van der Waals surface area (Å²) in [5, 5.41) is 6.46. The second-order valence-electron chi connectivity index (χ2n) is 9.32. The molecule has 5 rings (SSSR count). The quantitative estimate of drug-likeness (QED) is 0.682. The van der Waals surface area contributed by atoms with Gasteiger partial charge in [-0.3, -0.25) is 15.0 Å². The van der Waals surface area contributed by atoms with E-state index in [4.69, 9.17) is 0 Å². The third-order valence-corrected chi connectivity index (χ3v) is 7.25. The summed E-state index contributed by atoms with van der Waals surface area (Å²) in [4.78, 5) is 29.8. The smallest absolute Gasteiger partial charge is 0.322 e. The highest BCUT2D eigenvalue weighted by Crippen LogP contribution is 2.41. The summed E-state index contributed by atoms with van der Waals surface area (Å²) in [6.07, 6.45) is 4.38. The fourth-order valence-electron chi connectivity index (χ4n) is 5.31. The highest BCUT2D eigenvalue weighted by molar-refractivity contribution is 6.07. The predicted octanol–water partition coefficient (Wildman–Crippen LogP) is 3.34. The van der Waals surface area contributed by atoms with Gasteiger partial charge >= 0.3 is 6.03 Å². The Hall–Kier alpha value is -2.77. The maximum Gasteiger partial charge on any atom is 0.326 e. The molecule has 3 aliphatic rings. The third kappa shape index (κ3) is 3.80. The van der Waals surface area contributed by atoms with Gasteiger partial charge in [-0.25, -0.2) is 14.1 Å². The number of piperidine rings is 1. The first-order valence-electron chi connectivity index (χ1n) is 11.4. The molecule has 1 aliphatic carbocycles. The van der Waals surface area contributed by atoms with Crippen LogP contribution in [0.15, 0.2) is 54.6 Å². The molecule has 0 radical (unpaired) electrons. The van der Waals surface area contributed by atoms with Crippen molar-refractivity contribution in [2.24, 2.45) is 0 Å². The Kier molecular flexibility index (Phi) is 5.47. The van der Waals surface area contributed by atoms with Gasteiger partial charge in [-0.1, -0.05) is 42.5 Å². The molecule has 1 unspecified atom stereocenters. The number of carbonyl (C=O) groups excluding carboxylic acids is 2. The number of amides is 3. The summed E-state index contributed by atoms with van der Waals surface area (Å²) in [6.45, 7) is 2.35. The summed E-state index contributed by atoms with van der Waals surface area (Å²) in [7, 11) is 0. The van der Waals surface area contributed by atoms with Crippen LogP contribution in [0.2, 0.25) is 0 Å². The Morgan fingerprint density at radius 2 is 1.72 bits per heavy atom. The molecule has 2 aromatic rings. The molecule has 1 spiro atoms. The number of halogens is 1. The lowest BCUT2D eigenvalue weighted by molar-refractivity contribution is -0.134. The van der Waals surface area contributed by atoms with Crippen molar-refractivity contribution >= 4 is 11.9 Å². The number of hydrogen-bond acceptors (Lipinski definition) is 4. The molecule has 2 heterocycles. The van der Waals surface area contributed by atoms with Crippen LogP contribution in [0.3, 0.4) is 0 Å². The minimum Gasteiger partial charge on any atom is -0.322 e. The molecule has 2 aliphatic heterocycles. The molecular formula is C25H29FN4O2. The SMILES string of the molecule is O=C1NC2(CCCN(Cc3ccccc3)C2)C(=O)N1CNC1(c2ccc(F)cc2)CCC1. The second kappa shape index (κ2) is 8.30.